The van der Waals surface area contributed by atoms with Crippen LogP contribution < -0.4 is 4.74 Å². The van der Waals surface area contributed by atoms with Crippen LogP contribution in [0.25, 0.3) is 0 Å². The number of rotatable bonds is 3. The Morgan fingerprint density at radius 1 is 1.17 bits per heavy atom. The Morgan fingerprint density at radius 2 is 1.89 bits per heavy atom. The van der Waals surface area contributed by atoms with Crippen molar-refractivity contribution in [3.8, 4) is 11.6 Å². The van der Waals surface area contributed by atoms with Gasteiger partial charge in [0.15, 0.2) is 9.84 Å². The van der Waals surface area contributed by atoms with E-state index < -0.39 is 9.84 Å². The summed E-state index contributed by atoms with van der Waals surface area (Å²) in [4.78, 5) is 4.06. The fraction of sp³-hybridized carbons (Fsp3) is 0.0833. The van der Waals surface area contributed by atoms with Crippen molar-refractivity contribution in [1.29, 1.82) is 0 Å². The highest BCUT2D eigenvalue weighted by Gasteiger charge is 2.16. The van der Waals surface area contributed by atoms with Crippen molar-refractivity contribution in [2.45, 2.75) is 4.90 Å². The molecule has 0 unspecified atom stereocenters. The molecule has 1 aromatic heterocycles. The molecule has 0 amide bonds. The number of hydrogen-bond acceptors (Lipinski definition) is 4. The quantitative estimate of drug-likeness (QED) is 0.775. The van der Waals surface area contributed by atoms with Gasteiger partial charge in [0.05, 0.1) is 3.57 Å². The number of nitrogens with zero attached hydrogens (tertiary/aromatic N) is 1. The van der Waals surface area contributed by atoms with E-state index in [-0.39, 0.29) is 10.8 Å². The molecule has 0 saturated carbocycles. The first-order chi connectivity index (χ1) is 8.48. The van der Waals surface area contributed by atoms with Gasteiger partial charge in [-0.15, -0.1) is 0 Å². The van der Waals surface area contributed by atoms with Gasteiger partial charge < -0.3 is 4.74 Å². The van der Waals surface area contributed by atoms with Gasteiger partial charge in [0, 0.05) is 12.5 Å². The third kappa shape index (κ3) is 2.99. The van der Waals surface area contributed by atoms with Crippen molar-refractivity contribution in [2.75, 3.05) is 6.26 Å². The Kier molecular flexibility index (Phi) is 3.86. The molecule has 1 heterocycles. The fourth-order valence-electron chi connectivity index (χ4n) is 1.37. The second-order valence-corrected chi connectivity index (χ2v) is 6.76. The number of para-hydroxylation sites is 1. The minimum Gasteiger partial charge on any atom is -0.437 e. The summed E-state index contributed by atoms with van der Waals surface area (Å²) in [6.07, 6.45) is 2.63. The lowest BCUT2D eigenvalue weighted by Gasteiger charge is -2.09. The predicted octanol–water partition coefficient (Wildman–Crippen LogP) is 2.88. The van der Waals surface area contributed by atoms with Crippen LogP contribution in [0.4, 0.5) is 0 Å². The van der Waals surface area contributed by atoms with Crippen LogP contribution in [0, 0.1) is 3.57 Å². The lowest BCUT2D eigenvalue weighted by Crippen LogP contribution is -2.02. The molecule has 0 aliphatic carbocycles. The van der Waals surface area contributed by atoms with Gasteiger partial charge in [0.1, 0.15) is 10.6 Å². The van der Waals surface area contributed by atoms with E-state index in [2.05, 4.69) is 27.6 Å². The first-order valence-corrected chi connectivity index (χ1v) is 8.03. The molecule has 0 saturated heterocycles. The van der Waals surface area contributed by atoms with Gasteiger partial charge in [-0.05, 0) is 46.9 Å². The van der Waals surface area contributed by atoms with Crippen LogP contribution in [0.15, 0.2) is 47.5 Å². The van der Waals surface area contributed by atoms with Crippen molar-refractivity contribution >= 4 is 32.4 Å². The molecule has 0 radical (unpaired) electrons. The van der Waals surface area contributed by atoms with Crippen LogP contribution >= 0.6 is 22.6 Å². The van der Waals surface area contributed by atoms with Crippen LogP contribution in [-0.2, 0) is 9.84 Å². The highest BCUT2D eigenvalue weighted by Crippen LogP contribution is 2.29. The second-order valence-electron chi connectivity index (χ2n) is 3.61. The first kappa shape index (κ1) is 13.3. The third-order valence-corrected chi connectivity index (χ3v) is 4.18. The summed E-state index contributed by atoms with van der Waals surface area (Å²) < 4.78 is 29.7. The molecule has 1 aromatic carbocycles. The molecule has 4 nitrogen and oxygen atoms in total. The van der Waals surface area contributed by atoms with Crippen LogP contribution in [-0.4, -0.2) is 19.7 Å². The Labute approximate surface area is 119 Å². The van der Waals surface area contributed by atoms with E-state index in [1.54, 1.807) is 12.1 Å². The molecule has 6 heteroatoms. The number of sulfone groups is 1. The van der Waals surface area contributed by atoms with E-state index in [1.807, 2.05) is 18.2 Å². The van der Waals surface area contributed by atoms with Crippen LogP contribution in [0.3, 0.4) is 0 Å². The Balaban J connectivity index is 2.45. The maximum absolute atomic E-state index is 11.6. The maximum atomic E-state index is 11.6. The topological polar surface area (TPSA) is 56.3 Å². The molecule has 0 aliphatic heterocycles. The lowest BCUT2D eigenvalue weighted by molar-refractivity contribution is 0.444. The van der Waals surface area contributed by atoms with E-state index in [4.69, 9.17) is 4.74 Å². The summed E-state index contributed by atoms with van der Waals surface area (Å²) in [5, 5.41) is 0. The van der Waals surface area contributed by atoms with Crippen molar-refractivity contribution < 1.29 is 13.2 Å². The summed E-state index contributed by atoms with van der Waals surface area (Å²) in [5.74, 6) is 0.686. The maximum Gasteiger partial charge on any atom is 0.238 e. The van der Waals surface area contributed by atoms with Crippen LogP contribution in [0.5, 0.6) is 11.6 Å². The van der Waals surface area contributed by atoms with Gasteiger partial charge in [-0.25, -0.2) is 13.4 Å². The summed E-state index contributed by atoms with van der Waals surface area (Å²) in [6.45, 7) is 0. The minimum atomic E-state index is -3.36. The average Bonchev–Trinajstić information content (AvgIpc) is 2.31. The molecule has 0 atom stereocenters. The Bertz CT molecular complexity index is 671. The monoisotopic (exact) mass is 375 g/mol. The highest BCUT2D eigenvalue weighted by atomic mass is 127. The van der Waals surface area contributed by atoms with Crippen molar-refractivity contribution in [1.82, 2.24) is 4.98 Å². The van der Waals surface area contributed by atoms with E-state index in [1.165, 1.54) is 12.3 Å². The molecule has 94 valence electrons. The summed E-state index contributed by atoms with van der Waals surface area (Å²) in [7, 11) is -3.36. The van der Waals surface area contributed by atoms with Gasteiger partial charge in [0.2, 0.25) is 5.88 Å². The SMILES string of the molecule is CS(=O)(=O)c1cccnc1Oc1ccccc1I. The van der Waals surface area contributed by atoms with E-state index in [0.717, 1.165) is 9.83 Å². The van der Waals surface area contributed by atoms with Gasteiger partial charge in [-0.1, -0.05) is 12.1 Å². The molecule has 18 heavy (non-hydrogen) atoms. The molecule has 2 rings (SSSR count). The second kappa shape index (κ2) is 5.23. The first-order valence-electron chi connectivity index (χ1n) is 5.06. The van der Waals surface area contributed by atoms with Gasteiger partial charge in [-0.3, -0.25) is 0 Å². The summed E-state index contributed by atoms with van der Waals surface area (Å²) >= 11 is 2.12. The summed E-state index contributed by atoms with van der Waals surface area (Å²) in [6, 6.07) is 10.4. The predicted molar refractivity (Wildman–Crippen MR) is 76.6 cm³/mol. The zero-order chi connectivity index (χ0) is 13.2. The Hall–Kier alpha value is -1.15. The normalized spacial score (nSPS) is 11.2. The van der Waals surface area contributed by atoms with Gasteiger partial charge in [0.25, 0.3) is 0 Å². The van der Waals surface area contributed by atoms with Crippen LogP contribution in [0.1, 0.15) is 0 Å². The third-order valence-electron chi connectivity index (χ3n) is 2.18. The summed E-state index contributed by atoms with van der Waals surface area (Å²) in [5.41, 5.74) is 0. The molecule has 0 bridgehead atoms. The fourth-order valence-corrected chi connectivity index (χ4v) is 2.60. The number of benzene rings is 1. The number of ether oxygens (including phenoxy) is 1. The lowest BCUT2D eigenvalue weighted by atomic mass is 10.3. The van der Waals surface area contributed by atoms with E-state index in [0.29, 0.717) is 5.75 Å². The molecule has 0 fully saturated rings. The van der Waals surface area contributed by atoms with Gasteiger partial charge >= 0.3 is 0 Å². The molecule has 0 aliphatic rings. The van der Waals surface area contributed by atoms with E-state index in [9.17, 15) is 8.42 Å². The molecule has 2 aromatic rings. The van der Waals surface area contributed by atoms with Gasteiger partial charge in [-0.2, -0.15) is 0 Å². The zero-order valence-electron chi connectivity index (χ0n) is 9.50. The number of halogens is 1. The van der Waals surface area contributed by atoms with E-state index >= 15 is 0 Å². The largest absolute Gasteiger partial charge is 0.437 e. The number of hydrogen-bond donors (Lipinski definition) is 0. The molecule has 0 N–H and O–H groups in total. The Morgan fingerprint density at radius 3 is 2.56 bits per heavy atom. The number of pyridine rings is 1. The number of aromatic nitrogens is 1. The van der Waals surface area contributed by atoms with Crippen molar-refractivity contribution in [3.63, 3.8) is 0 Å². The molecular weight excluding hydrogens is 365 g/mol. The smallest absolute Gasteiger partial charge is 0.238 e. The van der Waals surface area contributed by atoms with Crippen molar-refractivity contribution in [2.24, 2.45) is 0 Å². The molecule has 0 spiro atoms. The van der Waals surface area contributed by atoms with Crippen molar-refractivity contribution in [3.05, 3.63) is 46.2 Å². The zero-order valence-corrected chi connectivity index (χ0v) is 12.5. The minimum absolute atomic E-state index is 0.0876. The molecular formula is C12H10INO3S. The standard InChI is InChI=1S/C12H10INO3S/c1-18(15,16)11-7-4-8-14-12(11)17-10-6-3-2-5-9(10)13/h2-8H,1H3. The van der Waals surface area contributed by atoms with Crippen LogP contribution in [0.2, 0.25) is 0 Å². The average molecular weight is 375 g/mol. The highest BCUT2D eigenvalue weighted by molar-refractivity contribution is 14.1.